The predicted molar refractivity (Wildman–Crippen MR) is 173 cm³/mol. The molecule has 3 fully saturated rings. The van der Waals surface area contributed by atoms with Gasteiger partial charge in [-0.15, -0.1) is 24.9 Å². The topological polar surface area (TPSA) is 90.4 Å². The van der Waals surface area contributed by atoms with Crippen molar-refractivity contribution in [1.29, 1.82) is 0 Å². The first kappa shape index (κ1) is 33.1. The van der Waals surface area contributed by atoms with Crippen molar-refractivity contribution in [2.75, 3.05) is 37.7 Å². The maximum Gasteiger partial charge on any atom is 0.247 e. The molecule has 4 rings (SSSR count). The van der Waals surface area contributed by atoms with Crippen molar-refractivity contribution in [2.24, 2.45) is 11.8 Å². The summed E-state index contributed by atoms with van der Waals surface area (Å²) < 4.78 is 4.44. The molecule has 3 aliphatic heterocycles. The molecule has 8 nitrogen and oxygen atoms in total. The smallest absolute Gasteiger partial charge is 0.247 e. The number of amides is 3. The number of ether oxygens (including phenoxy) is 1. The number of thioether (sulfide) groups is 1. The first-order valence-corrected chi connectivity index (χ1v) is 16.6. The molecule has 0 saturated carbocycles. The number of carbonyl (C=O) groups is 3. The molecule has 3 amide bonds. The van der Waals surface area contributed by atoms with E-state index in [0.29, 0.717) is 45.5 Å². The fourth-order valence-electron chi connectivity index (χ4n) is 7.58. The normalized spacial score (nSPS) is 28.0. The van der Waals surface area contributed by atoms with Gasteiger partial charge >= 0.3 is 0 Å². The van der Waals surface area contributed by atoms with Gasteiger partial charge in [0, 0.05) is 42.7 Å². The zero-order chi connectivity index (χ0) is 31.4. The number of hydrogen-bond acceptors (Lipinski definition) is 6. The summed E-state index contributed by atoms with van der Waals surface area (Å²) in [5.41, 5.74) is 0.724. The van der Waals surface area contributed by atoms with Crippen molar-refractivity contribution in [3.8, 4) is 5.75 Å². The molecule has 0 radical (unpaired) electrons. The largest absolute Gasteiger partial charge is 0.494 e. The van der Waals surface area contributed by atoms with E-state index in [2.05, 4.69) is 33.9 Å². The Morgan fingerprint density at radius 3 is 2.44 bits per heavy atom. The molecule has 0 aliphatic carbocycles. The Morgan fingerprint density at radius 2 is 1.84 bits per heavy atom. The molecule has 1 spiro atoms. The van der Waals surface area contributed by atoms with Gasteiger partial charge in [0.2, 0.25) is 17.7 Å². The lowest BCUT2D eigenvalue weighted by molar-refractivity contribution is -0.144. The van der Waals surface area contributed by atoms with Crippen LogP contribution in [0.5, 0.6) is 5.75 Å². The van der Waals surface area contributed by atoms with Crippen LogP contribution >= 0.6 is 11.8 Å². The van der Waals surface area contributed by atoms with Gasteiger partial charge in [0.25, 0.3) is 0 Å². The Labute approximate surface area is 261 Å². The number of benzene rings is 1. The van der Waals surface area contributed by atoms with Gasteiger partial charge in [0.05, 0.1) is 23.2 Å². The Hall–Kier alpha value is -2.78. The maximum absolute atomic E-state index is 14.6. The summed E-state index contributed by atoms with van der Waals surface area (Å²) in [5, 5.41) is 9.49. The fourth-order valence-corrected chi connectivity index (χ4v) is 9.92. The van der Waals surface area contributed by atoms with Crippen LogP contribution in [0.2, 0.25) is 0 Å². The van der Waals surface area contributed by atoms with Crippen molar-refractivity contribution in [1.82, 2.24) is 9.80 Å². The van der Waals surface area contributed by atoms with Crippen LogP contribution in [0, 0.1) is 11.8 Å². The van der Waals surface area contributed by atoms with Gasteiger partial charge < -0.3 is 24.5 Å². The lowest BCUT2D eigenvalue weighted by Gasteiger charge is -2.39. The Balaban J connectivity index is 1.75. The molecule has 43 heavy (non-hydrogen) atoms. The molecule has 3 unspecified atom stereocenters. The van der Waals surface area contributed by atoms with E-state index in [1.54, 1.807) is 33.7 Å². The van der Waals surface area contributed by atoms with E-state index >= 15 is 0 Å². The highest BCUT2D eigenvalue weighted by molar-refractivity contribution is 8.02. The maximum atomic E-state index is 14.6. The number of anilines is 1. The zero-order valence-electron chi connectivity index (χ0n) is 26.3. The quantitative estimate of drug-likeness (QED) is 0.208. The summed E-state index contributed by atoms with van der Waals surface area (Å²) in [6.45, 7) is 17.7. The van der Waals surface area contributed by atoms with Crippen LogP contribution in [0.1, 0.15) is 66.2 Å². The molecule has 9 heteroatoms. The minimum absolute atomic E-state index is 0.000273. The van der Waals surface area contributed by atoms with Crippen LogP contribution in [0.15, 0.2) is 49.6 Å². The van der Waals surface area contributed by atoms with Crippen LogP contribution < -0.4 is 9.64 Å². The molecule has 1 aromatic rings. The summed E-state index contributed by atoms with van der Waals surface area (Å²) >= 11 is 1.69. The summed E-state index contributed by atoms with van der Waals surface area (Å²) in [7, 11) is 0. The minimum Gasteiger partial charge on any atom is -0.494 e. The summed E-state index contributed by atoms with van der Waals surface area (Å²) in [6.07, 6.45) is 7.85. The van der Waals surface area contributed by atoms with Gasteiger partial charge in [-0.25, -0.2) is 0 Å². The third-order valence-electron chi connectivity index (χ3n) is 9.47. The SMILES string of the molecule is C=CCN(C(=O)[C@H]1[C@H]2C(=O)N(CCCCO)C(C(=O)N(CC=C)C(C)CCC)C23CC[C@]1(C)S3)c1ccc(OCC)cc1. The van der Waals surface area contributed by atoms with Gasteiger partial charge in [-0.3, -0.25) is 14.4 Å². The average Bonchev–Trinajstić information content (AvgIpc) is 3.55. The van der Waals surface area contributed by atoms with E-state index in [0.717, 1.165) is 30.7 Å². The van der Waals surface area contributed by atoms with Gasteiger partial charge in [0.15, 0.2) is 0 Å². The first-order valence-electron chi connectivity index (χ1n) is 15.8. The molecule has 1 N–H and O–H groups in total. The zero-order valence-corrected chi connectivity index (χ0v) is 27.1. The van der Waals surface area contributed by atoms with Crippen molar-refractivity contribution >= 4 is 35.2 Å². The van der Waals surface area contributed by atoms with Crippen molar-refractivity contribution < 1.29 is 24.2 Å². The highest BCUT2D eigenvalue weighted by Crippen LogP contribution is 2.71. The monoisotopic (exact) mass is 611 g/mol. The predicted octanol–water partition coefficient (Wildman–Crippen LogP) is 5.06. The Morgan fingerprint density at radius 1 is 1.14 bits per heavy atom. The second-order valence-electron chi connectivity index (χ2n) is 12.3. The van der Waals surface area contributed by atoms with Crippen LogP contribution in [0.4, 0.5) is 5.69 Å². The van der Waals surface area contributed by atoms with Crippen LogP contribution in [-0.2, 0) is 14.4 Å². The molecular weight excluding hydrogens is 562 g/mol. The molecular formula is C34H49N3O5S. The first-order chi connectivity index (χ1) is 20.6. The fraction of sp³-hybridized carbons (Fsp3) is 0.618. The number of rotatable bonds is 16. The number of nitrogens with zero attached hydrogens (tertiary/aromatic N) is 3. The Kier molecular flexibility index (Phi) is 10.7. The minimum atomic E-state index is -0.688. The van der Waals surface area contributed by atoms with Crippen LogP contribution in [-0.4, -0.2) is 87.1 Å². The number of aliphatic hydroxyl groups excluding tert-OH is 1. The summed E-state index contributed by atoms with van der Waals surface area (Å²) in [5.74, 6) is -0.730. The second kappa shape index (κ2) is 13.9. The molecule has 1 aromatic carbocycles. The third-order valence-corrected chi connectivity index (χ3v) is 11.5. The molecule has 0 aromatic heterocycles. The molecule has 3 heterocycles. The molecule has 3 saturated heterocycles. The number of fused-ring (bicyclic) bond motifs is 1. The molecule has 3 aliphatic rings. The number of unbranched alkanes of at least 4 members (excludes halogenated alkanes) is 1. The Bertz CT molecular complexity index is 1190. The number of aliphatic hydroxyl groups is 1. The van der Waals surface area contributed by atoms with Crippen LogP contribution in [0.3, 0.4) is 0 Å². The van der Waals surface area contributed by atoms with Gasteiger partial charge in [0.1, 0.15) is 11.8 Å². The number of hydrogen-bond donors (Lipinski definition) is 1. The highest BCUT2D eigenvalue weighted by atomic mass is 32.2. The van der Waals surface area contributed by atoms with E-state index in [-0.39, 0.29) is 30.4 Å². The molecule has 6 atom stereocenters. The van der Waals surface area contributed by atoms with E-state index in [1.807, 2.05) is 36.1 Å². The van der Waals surface area contributed by atoms with E-state index in [1.165, 1.54) is 0 Å². The van der Waals surface area contributed by atoms with E-state index in [9.17, 15) is 19.5 Å². The van der Waals surface area contributed by atoms with Gasteiger partial charge in [-0.05, 0) is 77.1 Å². The average molecular weight is 612 g/mol. The van der Waals surface area contributed by atoms with Crippen molar-refractivity contribution in [2.45, 2.75) is 87.8 Å². The summed E-state index contributed by atoms with van der Waals surface area (Å²) in [6, 6.07) is 6.79. The van der Waals surface area contributed by atoms with E-state index < -0.39 is 27.4 Å². The van der Waals surface area contributed by atoms with Crippen molar-refractivity contribution in [3.05, 3.63) is 49.6 Å². The lowest BCUT2D eigenvalue weighted by Crippen LogP contribution is -2.56. The van der Waals surface area contributed by atoms with Gasteiger partial charge in [-0.1, -0.05) is 25.5 Å². The summed E-state index contributed by atoms with van der Waals surface area (Å²) in [4.78, 5) is 49.1. The molecule has 236 valence electrons. The second-order valence-corrected chi connectivity index (χ2v) is 14.2. The number of likely N-dealkylation sites (tertiary alicyclic amines) is 1. The lowest BCUT2D eigenvalue weighted by atomic mass is 9.66. The third kappa shape index (κ3) is 5.99. The van der Waals surface area contributed by atoms with E-state index in [4.69, 9.17) is 4.74 Å². The number of carbonyl (C=O) groups excluding carboxylic acids is 3. The van der Waals surface area contributed by atoms with Crippen molar-refractivity contribution in [3.63, 3.8) is 0 Å². The van der Waals surface area contributed by atoms with Crippen LogP contribution in [0.25, 0.3) is 0 Å². The standard InChI is InChI=1S/C34H49N3O5S/c1-7-13-24(5)35(20-8-2)32(41)29-34-19-18-33(6,43-34)27(28(34)31(40)37(29)22-11-12-23-38)30(39)36(21-9-3)25-14-16-26(17-15-25)42-10-4/h8-9,14-17,24,27-29,38H,2-3,7,10-13,18-23H2,1,4-6H3/t24?,27-,28+,29?,33+,34?/m1/s1. The highest BCUT2D eigenvalue weighted by Gasteiger charge is 2.77. The molecule has 2 bridgehead atoms. The van der Waals surface area contributed by atoms with Gasteiger partial charge in [-0.2, -0.15) is 0 Å².